The maximum atomic E-state index is 13.5. The predicted molar refractivity (Wildman–Crippen MR) is 143 cm³/mol. The number of aliphatic imine (C=N–C) groups is 1. The molecule has 0 bridgehead atoms. The highest BCUT2D eigenvalue weighted by Crippen LogP contribution is 2.46. The first-order valence-electron chi connectivity index (χ1n) is 12.9. The van der Waals surface area contributed by atoms with E-state index in [4.69, 9.17) is 14.5 Å². The number of amidine groups is 1. The SMILES string of the molecule is CCOC(=O)C1=C(C)N=C2SC=C(CC(=O)N3CCCC(C(=O)OCC)C3)N2C1c1cc(C)ccc1C. The predicted octanol–water partition coefficient (Wildman–Crippen LogP) is 4.63. The van der Waals surface area contributed by atoms with Crippen LogP contribution in [0.25, 0.3) is 0 Å². The zero-order valence-electron chi connectivity index (χ0n) is 22.2. The molecule has 0 radical (unpaired) electrons. The van der Waals surface area contributed by atoms with Crippen molar-refractivity contribution in [3.8, 4) is 0 Å². The Morgan fingerprint density at radius 1 is 1.11 bits per heavy atom. The van der Waals surface area contributed by atoms with E-state index in [0.29, 0.717) is 31.0 Å². The van der Waals surface area contributed by atoms with Crippen LogP contribution in [-0.2, 0) is 23.9 Å². The molecule has 3 aliphatic heterocycles. The fourth-order valence-electron chi connectivity index (χ4n) is 5.11. The highest BCUT2D eigenvalue weighted by Gasteiger charge is 2.42. The lowest BCUT2D eigenvalue weighted by Gasteiger charge is -2.38. The van der Waals surface area contributed by atoms with E-state index in [1.165, 1.54) is 11.8 Å². The van der Waals surface area contributed by atoms with E-state index in [9.17, 15) is 14.4 Å². The smallest absolute Gasteiger partial charge is 0.338 e. The van der Waals surface area contributed by atoms with Crippen LogP contribution in [-0.4, -0.2) is 59.1 Å². The summed E-state index contributed by atoms with van der Waals surface area (Å²) in [7, 11) is 0. The van der Waals surface area contributed by atoms with Crippen LogP contribution in [0.2, 0.25) is 0 Å². The van der Waals surface area contributed by atoms with Crippen LogP contribution in [0.4, 0.5) is 0 Å². The molecule has 0 N–H and O–H groups in total. The Kier molecular flexibility index (Phi) is 8.42. The third-order valence-electron chi connectivity index (χ3n) is 6.95. The summed E-state index contributed by atoms with van der Waals surface area (Å²) in [5.74, 6) is -0.980. The molecule has 1 fully saturated rings. The molecule has 198 valence electrons. The van der Waals surface area contributed by atoms with Crippen molar-refractivity contribution in [1.29, 1.82) is 0 Å². The number of ether oxygens (including phenoxy) is 2. The zero-order valence-corrected chi connectivity index (χ0v) is 23.0. The summed E-state index contributed by atoms with van der Waals surface area (Å²) in [5.41, 5.74) is 5.00. The van der Waals surface area contributed by atoms with Crippen LogP contribution in [0.15, 0.2) is 45.6 Å². The molecule has 3 heterocycles. The fraction of sp³-hybridized carbons (Fsp3) is 0.500. The number of carbonyl (C=O) groups is 3. The second-order valence-corrected chi connectivity index (χ2v) is 10.4. The fourth-order valence-corrected chi connectivity index (χ4v) is 6.08. The summed E-state index contributed by atoms with van der Waals surface area (Å²) in [6, 6.07) is 5.74. The number of nitrogens with zero attached hydrogens (tertiary/aromatic N) is 3. The minimum Gasteiger partial charge on any atom is -0.466 e. The molecule has 37 heavy (non-hydrogen) atoms. The molecular formula is C28H35N3O5S. The highest BCUT2D eigenvalue weighted by molar-refractivity contribution is 8.16. The number of thioether (sulfide) groups is 1. The lowest BCUT2D eigenvalue weighted by atomic mass is 9.90. The van der Waals surface area contributed by atoms with E-state index in [0.717, 1.165) is 40.4 Å². The molecule has 4 rings (SSSR count). The summed E-state index contributed by atoms with van der Waals surface area (Å²) >= 11 is 1.46. The molecule has 0 aromatic heterocycles. The summed E-state index contributed by atoms with van der Waals surface area (Å²) in [4.78, 5) is 47.4. The van der Waals surface area contributed by atoms with Crippen molar-refractivity contribution in [1.82, 2.24) is 9.80 Å². The van der Waals surface area contributed by atoms with E-state index in [1.807, 2.05) is 37.1 Å². The van der Waals surface area contributed by atoms with Crippen LogP contribution in [0.1, 0.15) is 62.8 Å². The Balaban J connectivity index is 1.64. The third-order valence-corrected chi connectivity index (χ3v) is 7.84. The molecule has 1 aromatic carbocycles. The van der Waals surface area contributed by atoms with Gasteiger partial charge in [0.15, 0.2) is 5.17 Å². The van der Waals surface area contributed by atoms with Gasteiger partial charge < -0.3 is 19.3 Å². The average Bonchev–Trinajstić information content (AvgIpc) is 3.26. The molecule has 2 unspecified atom stereocenters. The van der Waals surface area contributed by atoms with Crippen molar-refractivity contribution >= 4 is 34.8 Å². The molecule has 0 spiro atoms. The summed E-state index contributed by atoms with van der Waals surface area (Å²) in [6.45, 7) is 11.0. The van der Waals surface area contributed by atoms with Crippen molar-refractivity contribution in [3.63, 3.8) is 0 Å². The van der Waals surface area contributed by atoms with Gasteiger partial charge in [0.25, 0.3) is 0 Å². The van der Waals surface area contributed by atoms with E-state index in [2.05, 4.69) is 12.1 Å². The number of hydrogen-bond acceptors (Lipinski definition) is 8. The number of carbonyl (C=O) groups excluding carboxylic acids is 3. The number of benzene rings is 1. The molecule has 1 aromatic rings. The van der Waals surface area contributed by atoms with Gasteiger partial charge in [-0.3, -0.25) is 9.59 Å². The Labute approximate surface area is 222 Å². The number of allylic oxidation sites excluding steroid dienone is 1. The van der Waals surface area contributed by atoms with E-state index in [1.54, 1.807) is 18.7 Å². The number of hydrogen-bond donors (Lipinski definition) is 0. The van der Waals surface area contributed by atoms with Crippen molar-refractivity contribution < 1.29 is 23.9 Å². The Bertz CT molecular complexity index is 1190. The summed E-state index contributed by atoms with van der Waals surface area (Å²) in [6.07, 6.45) is 1.64. The number of piperidine rings is 1. The molecule has 8 nitrogen and oxygen atoms in total. The van der Waals surface area contributed by atoms with Crippen molar-refractivity contribution in [3.05, 3.63) is 57.3 Å². The first kappa shape index (κ1) is 27.0. The highest BCUT2D eigenvalue weighted by atomic mass is 32.2. The normalized spacial score (nSPS) is 21.3. The zero-order chi connectivity index (χ0) is 26.7. The minimum absolute atomic E-state index is 0.0502. The molecule has 1 amide bonds. The molecule has 0 aliphatic carbocycles. The summed E-state index contributed by atoms with van der Waals surface area (Å²) < 4.78 is 10.6. The van der Waals surface area contributed by atoms with Crippen molar-refractivity contribution in [2.45, 2.75) is 59.9 Å². The van der Waals surface area contributed by atoms with Crippen molar-refractivity contribution in [2.75, 3.05) is 26.3 Å². The lowest BCUT2D eigenvalue weighted by molar-refractivity contribution is -0.151. The number of amides is 1. The van der Waals surface area contributed by atoms with Gasteiger partial charge >= 0.3 is 11.9 Å². The van der Waals surface area contributed by atoms with E-state index < -0.39 is 12.0 Å². The van der Waals surface area contributed by atoms with Gasteiger partial charge in [-0.25, -0.2) is 9.79 Å². The molecule has 9 heteroatoms. The van der Waals surface area contributed by atoms with Gasteiger partial charge in [-0.1, -0.05) is 35.5 Å². The number of rotatable bonds is 7. The first-order chi connectivity index (χ1) is 17.7. The van der Waals surface area contributed by atoms with Gasteiger partial charge in [-0.15, -0.1) is 0 Å². The number of esters is 2. The van der Waals surface area contributed by atoms with E-state index in [-0.39, 0.29) is 30.8 Å². The first-order valence-corrected chi connectivity index (χ1v) is 13.8. The molecule has 3 aliphatic rings. The monoisotopic (exact) mass is 525 g/mol. The van der Waals surface area contributed by atoms with Gasteiger partial charge in [0, 0.05) is 18.8 Å². The average molecular weight is 526 g/mol. The largest absolute Gasteiger partial charge is 0.466 e. The quantitative estimate of drug-likeness (QED) is 0.480. The van der Waals surface area contributed by atoms with Gasteiger partial charge in [-0.05, 0) is 64.0 Å². The molecule has 2 atom stereocenters. The second kappa shape index (κ2) is 11.5. The Morgan fingerprint density at radius 3 is 2.59 bits per heavy atom. The van der Waals surface area contributed by atoms with Crippen LogP contribution in [0.5, 0.6) is 0 Å². The third kappa shape index (κ3) is 5.61. The van der Waals surface area contributed by atoms with Gasteiger partial charge in [0.1, 0.15) is 0 Å². The Morgan fingerprint density at radius 2 is 1.86 bits per heavy atom. The number of fused-ring (bicyclic) bond motifs is 1. The second-order valence-electron chi connectivity index (χ2n) is 9.58. The molecular weight excluding hydrogens is 490 g/mol. The van der Waals surface area contributed by atoms with Crippen LogP contribution >= 0.6 is 11.8 Å². The maximum absolute atomic E-state index is 13.5. The van der Waals surface area contributed by atoms with Crippen molar-refractivity contribution in [2.24, 2.45) is 10.9 Å². The minimum atomic E-state index is -0.450. The van der Waals surface area contributed by atoms with E-state index >= 15 is 0 Å². The topological polar surface area (TPSA) is 88.5 Å². The lowest BCUT2D eigenvalue weighted by Crippen LogP contribution is -2.44. The van der Waals surface area contributed by atoms with Crippen LogP contribution < -0.4 is 0 Å². The number of likely N-dealkylation sites (tertiary alicyclic amines) is 1. The molecule has 1 saturated heterocycles. The van der Waals surface area contributed by atoms with Gasteiger partial charge in [0.2, 0.25) is 5.91 Å². The van der Waals surface area contributed by atoms with Crippen LogP contribution in [0, 0.1) is 19.8 Å². The van der Waals surface area contributed by atoms with Gasteiger partial charge in [0.05, 0.1) is 42.9 Å². The number of aryl methyl sites for hydroxylation is 2. The van der Waals surface area contributed by atoms with Crippen LogP contribution in [0.3, 0.4) is 0 Å². The standard InChI is InChI=1S/C28H35N3O5S/c1-6-35-26(33)20-9-8-12-30(15-20)23(32)14-21-16-37-28-29-19(5)24(27(34)36-7-2)25(31(21)28)22-13-17(3)10-11-18(22)4/h10-11,13,16,20,25H,6-9,12,14-15H2,1-5H3. The molecule has 0 saturated carbocycles. The van der Waals surface area contributed by atoms with Gasteiger partial charge in [-0.2, -0.15) is 0 Å². The maximum Gasteiger partial charge on any atom is 0.338 e. The Hall–Kier alpha value is -3.07. The summed E-state index contributed by atoms with van der Waals surface area (Å²) in [5, 5.41) is 2.69.